The molecule has 0 aliphatic heterocycles. The summed E-state index contributed by atoms with van der Waals surface area (Å²) < 4.78 is 12.9. The van der Waals surface area contributed by atoms with Crippen molar-refractivity contribution < 1.29 is 14.3 Å². The second-order valence-corrected chi connectivity index (χ2v) is 8.33. The van der Waals surface area contributed by atoms with Crippen molar-refractivity contribution in [2.45, 2.75) is 66.3 Å². The van der Waals surface area contributed by atoms with Crippen molar-refractivity contribution in [1.82, 2.24) is 9.55 Å². The van der Waals surface area contributed by atoms with E-state index in [4.69, 9.17) is 15.2 Å². The molecule has 0 atom stereocenters. The molecule has 0 radical (unpaired) electrons. The van der Waals surface area contributed by atoms with Gasteiger partial charge in [0, 0.05) is 24.8 Å². The molecular weight excluding hydrogens is 450 g/mol. The number of nitrogen functional groups attached to an aromatic ring is 1. The van der Waals surface area contributed by atoms with Crippen LogP contribution in [-0.4, -0.2) is 41.8 Å². The third kappa shape index (κ3) is 7.80. The number of aromatic nitrogens is 2. The van der Waals surface area contributed by atoms with Crippen LogP contribution in [0, 0.1) is 0 Å². The van der Waals surface area contributed by atoms with Gasteiger partial charge < -0.3 is 25.4 Å². The lowest BCUT2D eigenvalue weighted by atomic mass is 10.2. The van der Waals surface area contributed by atoms with E-state index in [0.29, 0.717) is 49.9 Å². The van der Waals surface area contributed by atoms with Gasteiger partial charge in [0.05, 0.1) is 19.8 Å². The zero-order chi connectivity index (χ0) is 25.8. The van der Waals surface area contributed by atoms with Crippen LogP contribution in [0.3, 0.4) is 0 Å². The fourth-order valence-corrected chi connectivity index (χ4v) is 3.56. The predicted molar refractivity (Wildman–Crippen MR) is 140 cm³/mol. The topological polar surface area (TPSA) is 132 Å². The average Bonchev–Trinajstić information content (AvgIpc) is 2.82. The number of hydrogen-bond donors (Lipinski definition) is 3. The lowest BCUT2D eigenvalue weighted by molar-refractivity contribution is -0.115. The summed E-state index contributed by atoms with van der Waals surface area (Å²) >= 11 is 0. The largest absolute Gasteiger partial charge is 0.490 e. The number of nitrogens with zero attached hydrogens (tertiary/aromatic N) is 2. The third-order valence-corrected chi connectivity index (χ3v) is 5.24. The summed E-state index contributed by atoms with van der Waals surface area (Å²) in [7, 11) is 0. The number of benzene rings is 1. The smallest absolute Gasteiger partial charge is 0.330 e. The summed E-state index contributed by atoms with van der Waals surface area (Å²) in [6, 6.07) is 5.26. The van der Waals surface area contributed by atoms with Crippen LogP contribution in [-0.2, 0) is 11.3 Å². The highest BCUT2D eigenvalue weighted by molar-refractivity contribution is 5.94. The summed E-state index contributed by atoms with van der Waals surface area (Å²) in [6.07, 6.45) is 3.99. The number of carbonyl (C=O) groups excluding carboxylic acids is 1. The van der Waals surface area contributed by atoms with E-state index in [9.17, 15) is 14.4 Å². The van der Waals surface area contributed by atoms with Gasteiger partial charge in [0.15, 0.2) is 11.5 Å². The zero-order valence-electron chi connectivity index (χ0n) is 21.3. The Morgan fingerprint density at radius 3 is 2.34 bits per heavy atom. The number of amides is 1. The van der Waals surface area contributed by atoms with Crippen LogP contribution in [0.25, 0.3) is 0 Å². The molecule has 2 aromatic rings. The van der Waals surface area contributed by atoms with Crippen LogP contribution >= 0.6 is 0 Å². The molecule has 194 valence electrons. The highest BCUT2D eigenvalue weighted by Gasteiger charge is 2.21. The standard InChI is InChI=1S/C25H39N5O5/c1-5-9-13-29(22-23(26)30(12-6-2)25(33)28-24(22)32)17-21(31)27-18-10-11-19(34-14-7-3)20(16-18)35-15-8-4/h10-11,16H,5-9,12-15,17,26H2,1-4H3,(H,27,31)(H,28,32,33). The van der Waals surface area contributed by atoms with Crippen molar-refractivity contribution in [1.29, 1.82) is 0 Å². The molecule has 10 nitrogen and oxygen atoms in total. The molecule has 0 unspecified atom stereocenters. The van der Waals surface area contributed by atoms with E-state index in [1.54, 1.807) is 23.1 Å². The first-order chi connectivity index (χ1) is 16.9. The van der Waals surface area contributed by atoms with Crippen LogP contribution in [0.5, 0.6) is 11.5 Å². The molecule has 1 amide bonds. The first kappa shape index (κ1) is 27.8. The van der Waals surface area contributed by atoms with Gasteiger partial charge in [0.2, 0.25) is 5.91 Å². The first-order valence-electron chi connectivity index (χ1n) is 12.4. The van der Waals surface area contributed by atoms with Crippen LogP contribution in [0.4, 0.5) is 17.2 Å². The third-order valence-electron chi connectivity index (χ3n) is 5.24. The fraction of sp³-hybridized carbons (Fsp3) is 0.560. The van der Waals surface area contributed by atoms with E-state index in [0.717, 1.165) is 25.7 Å². The maximum absolute atomic E-state index is 13.0. The Morgan fingerprint density at radius 1 is 1.03 bits per heavy atom. The molecule has 4 N–H and O–H groups in total. The van der Waals surface area contributed by atoms with Gasteiger partial charge in [-0.25, -0.2) is 4.79 Å². The van der Waals surface area contributed by atoms with Gasteiger partial charge in [-0.05, 0) is 37.8 Å². The highest BCUT2D eigenvalue weighted by atomic mass is 16.5. The summed E-state index contributed by atoms with van der Waals surface area (Å²) in [6.45, 7) is 9.77. The minimum absolute atomic E-state index is 0.0668. The molecule has 0 aliphatic carbocycles. The predicted octanol–water partition coefficient (Wildman–Crippen LogP) is 3.35. The molecule has 10 heteroatoms. The fourth-order valence-electron chi connectivity index (χ4n) is 3.56. The summed E-state index contributed by atoms with van der Waals surface area (Å²) in [4.78, 5) is 41.8. The Morgan fingerprint density at radius 2 is 1.71 bits per heavy atom. The van der Waals surface area contributed by atoms with Gasteiger partial charge in [-0.1, -0.05) is 34.1 Å². The number of anilines is 3. The molecule has 0 aliphatic rings. The number of H-pyrrole nitrogens is 1. The van der Waals surface area contributed by atoms with Crippen molar-refractivity contribution >= 4 is 23.1 Å². The van der Waals surface area contributed by atoms with Crippen molar-refractivity contribution in [3.63, 3.8) is 0 Å². The van der Waals surface area contributed by atoms with E-state index in [1.165, 1.54) is 4.57 Å². The van der Waals surface area contributed by atoms with Crippen molar-refractivity contribution in [3.8, 4) is 11.5 Å². The van der Waals surface area contributed by atoms with Crippen molar-refractivity contribution in [3.05, 3.63) is 39.0 Å². The Balaban J connectivity index is 2.29. The number of nitrogens with one attached hydrogen (secondary N) is 2. The van der Waals surface area contributed by atoms with E-state index in [-0.39, 0.29) is 24.0 Å². The molecular formula is C25H39N5O5. The minimum Gasteiger partial charge on any atom is -0.490 e. The van der Waals surface area contributed by atoms with Crippen LogP contribution in [0.1, 0.15) is 59.8 Å². The number of unbranched alkanes of at least 4 members (excludes halogenated alkanes) is 1. The van der Waals surface area contributed by atoms with Gasteiger partial charge >= 0.3 is 5.69 Å². The number of nitrogens with two attached hydrogens (primary N) is 1. The van der Waals surface area contributed by atoms with E-state index >= 15 is 0 Å². The van der Waals surface area contributed by atoms with Crippen LogP contribution in [0.2, 0.25) is 0 Å². The molecule has 2 rings (SSSR count). The molecule has 0 fully saturated rings. The van der Waals surface area contributed by atoms with E-state index in [2.05, 4.69) is 10.3 Å². The van der Waals surface area contributed by atoms with E-state index in [1.807, 2.05) is 27.7 Å². The maximum atomic E-state index is 13.0. The number of hydrogen-bond acceptors (Lipinski definition) is 7. The second-order valence-electron chi connectivity index (χ2n) is 8.33. The molecule has 35 heavy (non-hydrogen) atoms. The summed E-state index contributed by atoms with van der Waals surface area (Å²) in [5.74, 6) is 0.933. The molecule has 1 heterocycles. The molecule has 0 saturated carbocycles. The Labute approximate surface area is 206 Å². The summed E-state index contributed by atoms with van der Waals surface area (Å²) in [5, 5.41) is 2.87. The number of carbonyl (C=O) groups is 1. The molecule has 0 bridgehead atoms. The SMILES string of the molecule is CCCCN(CC(=O)Nc1ccc(OCCC)c(OCCC)c1)c1c(N)n(CCC)c(=O)[nH]c1=O. The molecule has 1 aromatic carbocycles. The zero-order valence-corrected chi connectivity index (χ0v) is 21.3. The quantitative estimate of drug-likeness (QED) is 0.349. The lowest BCUT2D eigenvalue weighted by Gasteiger charge is -2.25. The number of ether oxygens (including phenoxy) is 2. The van der Waals surface area contributed by atoms with Gasteiger partial charge in [-0.3, -0.25) is 19.1 Å². The minimum atomic E-state index is -0.601. The first-order valence-corrected chi connectivity index (χ1v) is 12.4. The monoisotopic (exact) mass is 489 g/mol. The second kappa shape index (κ2) is 14.1. The Hall–Kier alpha value is -3.43. The molecule has 0 saturated heterocycles. The number of aromatic amines is 1. The summed E-state index contributed by atoms with van der Waals surface area (Å²) in [5.41, 5.74) is 5.77. The lowest BCUT2D eigenvalue weighted by Crippen LogP contribution is -2.42. The van der Waals surface area contributed by atoms with Crippen LogP contribution in [0.15, 0.2) is 27.8 Å². The Kier molecular flexibility index (Phi) is 11.2. The van der Waals surface area contributed by atoms with Gasteiger partial charge in [0.25, 0.3) is 5.56 Å². The van der Waals surface area contributed by atoms with Gasteiger partial charge in [-0.15, -0.1) is 0 Å². The van der Waals surface area contributed by atoms with E-state index < -0.39 is 11.2 Å². The molecule has 0 spiro atoms. The van der Waals surface area contributed by atoms with Crippen molar-refractivity contribution in [2.75, 3.05) is 42.3 Å². The molecule has 1 aromatic heterocycles. The van der Waals surface area contributed by atoms with Gasteiger partial charge in [0.1, 0.15) is 11.5 Å². The Bertz CT molecular complexity index is 1080. The highest BCUT2D eigenvalue weighted by Crippen LogP contribution is 2.31. The van der Waals surface area contributed by atoms with Crippen molar-refractivity contribution in [2.24, 2.45) is 0 Å². The normalized spacial score (nSPS) is 10.7. The average molecular weight is 490 g/mol. The van der Waals surface area contributed by atoms with Gasteiger partial charge in [-0.2, -0.15) is 0 Å². The number of rotatable bonds is 15. The van der Waals surface area contributed by atoms with Crippen LogP contribution < -0.4 is 36.7 Å². The maximum Gasteiger partial charge on any atom is 0.330 e.